The lowest BCUT2D eigenvalue weighted by Gasteiger charge is -2.39. The smallest absolute Gasteiger partial charge is 0.328 e. The largest absolute Gasteiger partial charge is 0.467 e. The first-order chi connectivity index (χ1) is 23.7. The quantitative estimate of drug-likeness (QED) is 0.134. The van der Waals surface area contributed by atoms with Gasteiger partial charge in [-0.3, -0.25) is 4.90 Å². The van der Waals surface area contributed by atoms with E-state index in [-0.39, 0.29) is 24.9 Å². The van der Waals surface area contributed by atoms with Crippen molar-refractivity contribution in [3.05, 3.63) is 137 Å². The van der Waals surface area contributed by atoms with Gasteiger partial charge in [0.05, 0.1) is 32.0 Å². The summed E-state index contributed by atoms with van der Waals surface area (Å²) in [4.78, 5) is 27.4. The number of aliphatic hydroxyl groups is 2. The SMILES string of the molecule is COC(=O)[C@H](Cc1ccccc1)NC(=O)Nc1ccc([C@H]2O[C@@H](CN(C)[C@@H](C)[C@H](O)c3ccccc3)C[C@@H](c3ccc(CO)cc3)O2)cc1. The Balaban J connectivity index is 1.27. The van der Waals surface area contributed by atoms with Crippen LogP contribution in [0.5, 0.6) is 0 Å². The summed E-state index contributed by atoms with van der Waals surface area (Å²) in [5.41, 5.74) is 4.83. The van der Waals surface area contributed by atoms with Gasteiger partial charge in [-0.25, -0.2) is 9.59 Å². The second kappa shape index (κ2) is 17.2. The molecule has 258 valence electrons. The third kappa shape index (κ3) is 9.75. The first-order valence-electron chi connectivity index (χ1n) is 16.5. The van der Waals surface area contributed by atoms with Crippen molar-refractivity contribution in [1.82, 2.24) is 10.2 Å². The molecule has 5 rings (SSSR count). The number of anilines is 1. The first kappa shape index (κ1) is 35.7. The molecule has 10 heteroatoms. The first-order valence-corrected chi connectivity index (χ1v) is 16.5. The summed E-state index contributed by atoms with van der Waals surface area (Å²) in [6.07, 6.45) is -0.968. The zero-order chi connectivity index (χ0) is 34.8. The predicted octanol–water partition coefficient (Wildman–Crippen LogP) is 5.68. The van der Waals surface area contributed by atoms with Crippen molar-refractivity contribution in [3.63, 3.8) is 0 Å². The van der Waals surface area contributed by atoms with Gasteiger partial charge >= 0.3 is 12.0 Å². The van der Waals surface area contributed by atoms with Crippen LogP contribution in [0, 0.1) is 0 Å². The van der Waals surface area contributed by atoms with Gasteiger partial charge in [-0.1, -0.05) is 97.1 Å². The molecule has 4 aromatic rings. The lowest BCUT2D eigenvalue weighted by molar-refractivity contribution is -0.253. The van der Waals surface area contributed by atoms with Gasteiger partial charge in [-0.15, -0.1) is 0 Å². The molecule has 1 aliphatic heterocycles. The maximum absolute atomic E-state index is 12.9. The van der Waals surface area contributed by atoms with Crippen molar-refractivity contribution >= 4 is 17.7 Å². The van der Waals surface area contributed by atoms with E-state index in [1.807, 2.05) is 111 Å². The van der Waals surface area contributed by atoms with Crippen LogP contribution in [0.2, 0.25) is 0 Å². The van der Waals surface area contributed by atoms with E-state index in [1.165, 1.54) is 7.11 Å². The van der Waals surface area contributed by atoms with E-state index in [1.54, 1.807) is 12.1 Å². The number of hydrogen-bond acceptors (Lipinski definition) is 8. The fourth-order valence-electron chi connectivity index (χ4n) is 5.92. The minimum absolute atomic E-state index is 0.0403. The molecule has 0 aliphatic carbocycles. The van der Waals surface area contributed by atoms with Gasteiger partial charge in [0.15, 0.2) is 6.29 Å². The van der Waals surface area contributed by atoms with Crippen molar-refractivity contribution in [1.29, 1.82) is 0 Å². The van der Waals surface area contributed by atoms with Crippen LogP contribution in [0.1, 0.15) is 59.7 Å². The number of nitrogens with one attached hydrogen (secondary N) is 2. The normalized spacial score (nSPS) is 19.4. The van der Waals surface area contributed by atoms with E-state index >= 15 is 0 Å². The molecule has 1 heterocycles. The van der Waals surface area contributed by atoms with Gasteiger partial charge in [0.1, 0.15) is 6.04 Å². The van der Waals surface area contributed by atoms with E-state index in [2.05, 4.69) is 15.5 Å². The van der Waals surface area contributed by atoms with E-state index in [0.717, 1.165) is 27.8 Å². The molecule has 1 saturated heterocycles. The van der Waals surface area contributed by atoms with Gasteiger partial charge in [0.2, 0.25) is 0 Å². The summed E-state index contributed by atoms with van der Waals surface area (Å²) in [6, 6.07) is 32.3. The summed E-state index contributed by atoms with van der Waals surface area (Å²) >= 11 is 0. The number of amides is 2. The van der Waals surface area contributed by atoms with Crippen LogP contribution < -0.4 is 10.6 Å². The average Bonchev–Trinajstić information content (AvgIpc) is 3.14. The maximum atomic E-state index is 12.9. The van der Waals surface area contributed by atoms with Crippen LogP contribution in [0.25, 0.3) is 0 Å². The van der Waals surface area contributed by atoms with Crippen LogP contribution in [-0.4, -0.2) is 66.0 Å². The van der Waals surface area contributed by atoms with Gasteiger partial charge in [-0.2, -0.15) is 0 Å². The van der Waals surface area contributed by atoms with Crippen LogP contribution in [0.15, 0.2) is 109 Å². The third-order valence-corrected chi connectivity index (χ3v) is 8.91. The molecule has 4 N–H and O–H groups in total. The molecule has 0 unspecified atom stereocenters. The Morgan fingerprint density at radius 3 is 2.14 bits per heavy atom. The van der Waals surface area contributed by atoms with Crippen molar-refractivity contribution < 1.29 is 34.0 Å². The number of likely N-dealkylation sites (N-methyl/N-ethyl adjacent to an activating group) is 1. The molecular weight excluding hydrogens is 622 g/mol. The number of aliphatic hydroxyl groups excluding tert-OH is 2. The van der Waals surface area contributed by atoms with Crippen molar-refractivity contribution in [2.45, 2.75) is 63.1 Å². The number of benzene rings is 4. The number of rotatable bonds is 13. The molecule has 0 spiro atoms. The summed E-state index contributed by atoms with van der Waals surface area (Å²) in [6.45, 7) is 2.51. The van der Waals surface area contributed by atoms with Crippen molar-refractivity contribution in [2.75, 3.05) is 26.0 Å². The van der Waals surface area contributed by atoms with Crippen molar-refractivity contribution in [3.8, 4) is 0 Å². The average molecular weight is 668 g/mol. The molecule has 6 atom stereocenters. The Morgan fingerprint density at radius 1 is 0.878 bits per heavy atom. The monoisotopic (exact) mass is 667 g/mol. The Labute approximate surface area is 287 Å². The molecule has 0 radical (unpaired) electrons. The number of methoxy groups -OCH3 is 1. The van der Waals surface area contributed by atoms with Gasteiger partial charge in [0, 0.05) is 36.7 Å². The molecule has 0 aromatic heterocycles. The molecule has 4 aromatic carbocycles. The Kier molecular flexibility index (Phi) is 12.5. The number of ether oxygens (including phenoxy) is 3. The lowest BCUT2D eigenvalue weighted by Crippen LogP contribution is -2.45. The molecular formula is C39H45N3O7. The van der Waals surface area contributed by atoms with Gasteiger partial charge < -0.3 is 35.1 Å². The number of urea groups is 1. The topological polar surface area (TPSA) is 130 Å². The fraction of sp³-hybridized carbons (Fsp3) is 0.333. The number of carbonyl (C=O) groups excluding carboxylic acids is 2. The molecule has 1 aliphatic rings. The van der Waals surface area contributed by atoms with Gasteiger partial charge in [0.25, 0.3) is 0 Å². The Morgan fingerprint density at radius 2 is 1.51 bits per heavy atom. The van der Waals surface area contributed by atoms with E-state index in [9.17, 15) is 19.8 Å². The number of carbonyl (C=O) groups is 2. The van der Waals surface area contributed by atoms with Crippen LogP contribution >= 0.6 is 0 Å². The number of esters is 1. The third-order valence-electron chi connectivity index (χ3n) is 8.91. The van der Waals surface area contributed by atoms with Crippen LogP contribution in [0.3, 0.4) is 0 Å². The highest BCUT2D eigenvalue weighted by Crippen LogP contribution is 2.38. The fourth-order valence-corrected chi connectivity index (χ4v) is 5.92. The Bertz CT molecular complexity index is 1620. The predicted molar refractivity (Wildman–Crippen MR) is 186 cm³/mol. The number of hydrogen-bond donors (Lipinski definition) is 4. The molecule has 0 saturated carbocycles. The zero-order valence-corrected chi connectivity index (χ0v) is 28.1. The summed E-state index contributed by atoms with van der Waals surface area (Å²) in [5, 5.41) is 26.1. The molecule has 10 nitrogen and oxygen atoms in total. The standard InChI is InChI=1S/C39H45N3O7/c1-26(36(44)30-12-8-5-9-13-30)42(2)24-33-23-35(29-16-14-28(25-43)15-17-29)49-38(48-33)31-18-20-32(21-19-31)40-39(46)41-34(37(45)47-3)22-27-10-6-4-7-11-27/h4-21,26,33-36,38,43-44H,22-25H2,1-3H3,(H2,40,41,46)/t26-,33+,34-,35-,36-,38-/m0/s1. The highest BCUT2D eigenvalue weighted by atomic mass is 16.7. The van der Waals surface area contributed by atoms with Crippen molar-refractivity contribution in [2.24, 2.45) is 0 Å². The highest BCUT2D eigenvalue weighted by Gasteiger charge is 2.34. The molecule has 1 fully saturated rings. The zero-order valence-electron chi connectivity index (χ0n) is 28.1. The van der Waals surface area contributed by atoms with E-state index in [4.69, 9.17) is 14.2 Å². The highest BCUT2D eigenvalue weighted by molar-refractivity contribution is 5.92. The second-order valence-corrected chi connectivity index (χ2v) is 12.4. The minimum atomic E-state index is -0.856. The Hall–Kier alpha value is -4.58. The second-order valence-electron chi connectivity index (χ2n) is 12.4. The number of nitrogens with zero attached hydrogens (tertiary/aromatic N) is 1. The molecule has 49 heavy (non-hydrogen) atoms. The summed E-state index contributed by atoms with van der Waals surface area (Å²) in [7, 11) is 3.27. The van der Waals surface area contributed by atoms with Gasteiger partial charge in [-0.05, 0) is 48.4 Å². The minimum Gasteiger partial charge on any atom is -0.467 e. The lowest BCUT2D eigenvalue weighted by atomic mass is 9.98. The summed E-state index contributed by atoms with van der Waals surface area (Å²) in [5.74, 6) is -0.536. The van der Waals surface area contributed by atoms with Crippen LogP contribution in [-0.2, 0) is 32.0 Å². The van der Waals surface area contributed by atoms with Crippen LogP contribution in [0.4, 0.5) is 10.5 Å². The maximum Gasteiger partial charge on any atom is 0.328 e. The van der Waals surface area contributed by atoms with E-state index < -0.39 is 30.4 Å². The summed E-state index contributed by atoms with van der Waals surface area (Å²) < 4.78 is 17.9. The van der Waals surface area contributed by atoms with E-state index in [0.29, 0.717) is 25.1 Å². The molecule has 2 amide bonds. The molecule has 0 bridgehead atoms.